The zero-order valence-corrected chi connectivity index (χ0v) is 27.4. The van der Waals surface area contributed by atoms with Crippen LogP contribution in [0.3, 0.4) is 0 Å². The van der Waals surface area contributed by atoms with Crippen molar-refractivity contribution in [3.8, 4) is 17.2 Å². The first kappa shape index (κ1) is 32.0. The number of fused-ring (bicyclic) bond motifs is 1. The Morgan fingerprint density at radius 1 is 1.02 bits per heavy atom. The van der Waals surface area contributed by atoms with Crippen LogP contribution in [-0.2, 0) is 28.9 Å². The molecule has 2 heterocycles. The van der Waals surface area contributed by atoms with Crippen LogP contribution in [-0.4, -0.2) is 59.1 Å². The third kappa shape index (κ3) is 7.15. The van der Waals surface area contributed by atoms with Gasteiger partial charge in [0.1, 0.15) is 16.5 Å². The smallest absolute Gasteiger partial charge is 0.341 e. The summed E-state index contributed by atoms with van der Waals surface area (Å²) in [5.74, 6) is 0.499. The van der Waals surface area contributed by atoms with E-state index in [1.807, 2.05) is 36.6 Å². The first-order valence-corrected chi connectivity index (χ1v) is 16.3. The van der Waals surface area contributed by atoms with Crippen LogP contribution in [0.15, 0.2) is 41.6 Å². The Labute approximate surface area is 269 Å². The Balaban J connectivity index is 1.36. The third-order valence-electron chi connectivity index (χ3n) is 7.31. The average Bonchev–Trinajstić information content (AvgIpc) is 3.74. The van der Waals surface area contributed by atoms with E-state index in [-0.39, 0.29) is 30.7 Å². The van der Waals surface area contributed by atoms with Crippen molar-refractivity contribution in [2.45, 2.75) is 51.7 Å². The van der Waals surface area contributed by atoms with E-state index in [1.54, 1.807) is 25.1 Å². The molecule has 11 nitrogen and oxygen atoms in total. The molecule has 2 amide bonds. The molecule has 0 bridgehead atoms. The van der Waals surface area contributed by atoms with E-state index in [0.29, 0.717) is 38.6 Å². The zero-order chi connectivity index (χ0) is 32.1. The molecule has 2 aromatic carbocycles. The van der Waals surface area contributed by atoms with Crippen molar-refractivity contribution in [1.29, 1.82) is 0 Å². The van der Waals surface area contributed by atoms with Crippen LogP contribution >= 0.6 is 23.1 Å². The second kappa shape index (κ2) is 14.2. The lowest BCUT2D eigenvalue weighted by Crippen LogP contribution is -2.25. The van der Waals surface area contributed by atoms with Crippen molar-refractivity contribution in [1.82, 2.24) is 20.1 Å². The van der Waals surface area contributed by atoms with Gasteiger partial charge in [0.2, 0.25) is 5.91 Å². The average molecular weight is 650 g/mol. The quantitative estimate of drug-likeness (QED) is 0.155. The summed E-state index contributed by atoms with van der Waals surface area (Å²) in [5, 5.41) is 15.6. The number of carbonyl (C=O) groups is 3. The number of rotatable bonds is 12. The number of nitrogens with one attached hydrogen (secondary N) is 2. The molecule has 236 valence electrons. The number of anilines is 1. The Kier molecular flexibility index (Phi) is 10.1. The van der Waals surface area contributed by atoms with Gasteiger partial charge < -0.3 is 24.8 Å². The van der Waals surface area contributed by atoms with Gasteiger partial charge in [-0.05, 0) is 74.9 Å². The normalized spacial score (nSPS) is 12.0. The number of thiophene rings is 1. The molecule has 2 N–H and O–H groups in total. The summed E-state index contributed by atoms with van der Waals surface area (Å²) < 4.78 is 17.7. The van der Waals surface area contributed by atoms with Gasteiger partial charge in [0.25, 0.3) is 5.91 Å². The van der Waals surface area contributed by atoms with Gasteiger partial charge in [0.15, 0.2) is 11.0 Å². The summed E-state index contributed by atoms with van der Waals surface area (Å²) in [5.41, 5.74) is 4.68. The first-order chi connectivity index (χ1) is 21.7. The van der Waals surface area contributed by atoms with E-state index in [1.165, 1.54) is 37.3 Å². The minimum absolute atomic E-state index is 0.0315. The van der Waals surface area contributed by atoms with Gasteiger partial charge in [-0.3, -0.25) is 14.2 Å². The van der Waals surface area contributed by atoms with Gasteiger partial charge in [-0.1, -0.05) is 23.9 Å². The maximum absolute atomic E-state index is 13.2. The van der Waals surface area contributed by atoms with Gasteiger partial charge in [0, 0.05) is 16.5 Å². The molecule has 0 fully saturated rings. The lowest BCUT2D eigenvalue weighted by Gasteiger charge is -2.14. The van der Waals surface area contributed by atoms with Crippen LogP contribution in [0.2, 0.25) is 0 Å². The number of hydrogen-bond donors (Lipinski definition) is 2. The molecular weight excluding hydrogens is 615 g/mol. The highest BCUT2D eigenvalue weighted by molar-refractivity contribution is 7.99. The highest BCUT2D eigenvalue weighted by Gasteiger charge is 2.28. The van der Waals surface area contributed by atoms with Gasteiger partial charge in [-0.2, -0.15) is 0 Å². The number of nitrogens with zero attached hydrogens (tertiary/aromatic N) is 3. The van der Waals surface area contributed by atoms with Crippen molar-refractivity contribution >= 4 is 45.9 Å². The maximum Gasteiger partial charge on any atom is 0.341 e. The first-order valence-electron chi connectivity index (χ1n) is 14.5. The molecule has 1 aliphatic carbocycles. The number of thioether (sulfide) groups is 1. The third-order valence-corrected chi connectivity index (χ3v) is 9.45. The SMILES string of the molecule is CCOC(=O)c1c(NC(=O)CSc2nnc(CNC(=O)c3cc(OC)cc(OC)c3)n2-c2cc(C)ccc2C)sc2c1CCC2. The number of carbonyl (C=O) groups excluding carboxylic acids is 3. The number of amides is 2. The Morgan fingerprint density at radius 2 is 1.78 bits per heavy atom. The molecular formula is C32H35N5O6S2. The van der Waals surface area contributed by atoms with Gasteiger partial charge in [0.05, 0.1) is 44.4 Å². The monoisotopic (exact) mass is 649 g/mol. The summed E-state index contributed by atoms with van der Waals surface area (Å²) in [7, 11) is 3.04. The predicted octanol–water partition coefficient (Wildman–Crippen LogP) is 5.29. The standard InChI is InChI=1S/C32H35N5O6S2/c1-6-43-31(40)28-23-8-7-9-25(23)45-30(28)34-27(38)17-44-32-36-35-26(37(32)24-12-18(2)10-11-19(24)3)16-33-29(39)20-13-21(41-4)15-22(14-20)42-5/h10-15H,6-9,16-17H2,1-5H3,(H,33,39)(H,34,38). The van der Waals surface area contributed by atoms with Gasteiger partial charge >= 0.3 is 5.97 Å². The van der Waals surface area contributed by atoms with Crippen molar-refractivity contribution in [3.63, 3.8) is 0 Å². The van der Waals surface area contributed by atoms with Crippen molar-refractivity contribution in [2.24, 2.45) is 0 Å². The molecule has 0 radical (unpaired) electrons. The lowest BCUT2D eigenvalue weighted by molar-refractivity contribution is -0.113. The number of hydrogen-bond acceptors (Lipinski definition) is 10. The van der Waals surface area contributed by atoms with Crippen LogP contribution in [0.25, 0.3) is 5.69 Å². The molecule has 13 heteroatoms. The van der Waals surface area contributed by atoms with E-state index >= 15 is 0 Å². The van der Waals surface area contributed by atoms with Crippen LogP contribution < -0.4 is 20.1 Å². The number of esters is 1. The van der Waals surface area contributed by atoms with Crippen molar-refractivity contribution in [3.05, 3.63) is 74.9 Å². The molecule has 4 aromatic rings. The summed E-state index contributed by atoms with van der Waals surface area (Å²) >= 11 is 2.66. The fraction of sp³-hybridized carbons (Fsp3) is 0.344. The molecule has 5 rings (SSSR count). The van der Waals surface area contributed by atoms with Crippen LogP contribution in [0.4, 0.5) is 5.00 Å². The van der Waals surface area contributed by atoms with E-state index in [9.17, 15) is 14.4 Å². The fourth-order valence-electron chi connectivity index (χ4n) is 5.11. The molecule has 0 spiro atoms. The van der Waals surface area contributed by atoms with E-state index in [2.05, 4.69) is 20.8 Å². The minimum Gasteiger partial charge on any atom is -0.497 e. The molecule has 45 heavy (non-hydrogen) atoms. The molecule has 0 saturated carbocycles. The second-order valence-electron chi connectivity index (χ2n) is 10.4. The molecule has 0 atom stereocenters. The molecule has 2 aromatic heterocycles. The van der Waals surface area contributed by atoms with Gasteiger partial charge in [-0.25, -0.2) is 4.79 Å². The number of benzene rings is 2. The second-order valence-corrected chi connectivity index (χ2v) is 12.5. The maximum atomic E-state index is 13.2. The summed E-state index contributed by atoms with van der Waals surface area (Å²) in [6.45, 7) is 6.08. The Bertz CT molecular complexity index is 1730. The summed E-state index contributed by atoms with van der Waals surface area (Å²) in [6.07, 6.45) is 2.68. The molecule has 0 aliphatic heterocycles. The van der Waals surface area contributed by atoms with Crippen LogP contribution in [0.5, 0.6) is 11.5 Å². The minimum atomic E-state index is -0.409. The predicted molar refractivity (Wildman–Crippen MR) is 173 cm³/mol. The van der Waals surface area contributed by atoms with Crippen molar-refractivity contribution in [2.75, 3.05) is 31.9 Å². The Hall–Kier alpha value is -4.36. The zero-order valence-electron chi connectivity index (χ0n) is 25.8. The number of aryl methyl sites for hydroxylation is 3. The van der Waals surface area contributed by atoms with E-state index < -0.39 is 5.97 Å². The number of aromatic nitrogens is 3. The highest BCUT2D eigenvalue weighted by atomic mass is 32.2. The van der Waals surface area contributed by atoms with Gasteiger partial charge in [-0.15, -0.1) is 21.5 Å². The fourth-order valence-corrected chi connectivity index (χ4v) is 7.17. The van der Waals surface area contributed by atoms with Crippen LogP contribution in [0.1, 0.15) is 61.5 Å². The largest absolute Gasteiger partial charge is 0.497 e. The summed E-state index contributed by atoms with van der Waals surface area (Å²) in [6, 6.07) is 11.0. The topological polar surface area (TPSA) is 134 Å². The lowest BCUT2D eigenvalue weighted by atomic mass is 10.1. The Morgan fingerprint density at radius 3 is 2.49 bits per heavy atom. The van der Waals surface area contributed by atoms with E-state index in [0.717, 1.165) is 46.5 Å². The highest BCUT2D eigenvalue weighted by Crippen LogP contribution is 2.39. The van der Waals surface area contributed by atoms with Crippen LogP contribution in [0, 0.1) is 13.8 Å². The van der Waals surface area contributed by atoms with Crippen molar-refractivity contribution < 1.29 is 28.6 Å². The van der Waals surface area contributed by atoms with E-state index in [4.69, 9.17) is 14.2 Å². The summed E-state index contributed by atoms with van der Waals surface area (Å²) in [4.78, 5) is 40.2. The number of ether oxygens (including phenoxy) is 3. The molecule has 0 saturated heterocycles. The molecule has 0 unspecified atom stereocenters. The number of methoxy groups -OCH3 is 2. The molecule has 1 aliphatic rings.